The van der Waals surface area contributed by atoms with E-state index in [-0.39, 0.29) is 0 Å². The molecule has 0 atom stereocenters. The Balaban J connectivity index is 1.90. The molecule has 0 fully saturated rings. The zero-order chi connectivity index (χ0) is 15.0. The molecule has 0 saturated carbocycles. The average molecular weight is 325 g/mol. The molecule has 2 aromatic heterocycles. The smallest absolute Gasteiger partial charge is 0.244 e. The van der Waals surface area contributed by atoms with Crippen LogP contribution in [0.15, 0.2) is 42.6 Å². The molecule has 2 heterocycles. The van der Waals surface area contributed by atoms with Crippen molar-refractivity contribution in [1.29, 1.82) is 0 Å². The molecule has 1 nitrogen and oxygen atoms in total. The highest BCUT2D eigenvalue weighted by Crippen LogP contribution is 2.36. The summed E-state index contributed by atoms with van der Waals surface area (Å²) in [4.78, 5) is 7.68. The van der Waals surface area contributed by atoms with Gasteiger partial charge in [0.25, 0.3) is 0 Å². The zero-order valence-electron chi connectivity index (χ0n) is 10.9. The highest BCUT2D eigenvalue weighted by molar-refractivity contribution is 7.23. The number of nitrogens with zero attached hydrogens (tertiary/aromatic N) is 1. The van der Waals surface area contributed by atoms with Crippen LogP contribution < -0.4 is 0 Å². The number of hydrogen-bond acceptors (Lipinski definition) is 3. The molecule has 21 heavy (non-hydrogen) atoms. The second kappa shape index (κ2) is 5.27. The van der Waals surface area contributed by atoms with Crippen LogP contribution in [0, 0.1) is 6.92 Å². The van der Waals surface area contributed by atoms with Crippen LogP contribution in [0.3, 0.4) is 0 Å². The van der Waals surface area contributed by atoms with E-state index < -0.39 is 11.7 Å². The highest BCUT2D eigenvalue weighted by Gasteiger charge is 2.30. The predicted molar refractivity (Wildman–Crippen MR) is 80.6 cm³/mol. The van der Waals surface area contributed by atoms with Crippen LogP contribution in [0.1, 0.15) is 10.4 Å². The molecular weight excluding hydrogens is 315 g/mol. The Morgan fingerprint density at radius 1 is 0.905 bits per heavy atom. The molecule has 0 aliphatic heterocycles. The quantitative estimate of drug-likeness (QED) is 0.574. The van der Waals surface area contributed by atoms with E-state index >= 15 is 0 Å². The van der Waals surface area contributed by atoms with E-state index in [1.807, 2.05) is 19.1 Å². The lowest BCUT2D eigenvalue weighted by atomic mass is 10.1. The van der Waals surface area contributed by atoms with E-state index in [4.69, 9.17) is 0 Å². The van der Waals surface area contributed by atoms with Gasteiger partial charge in [0.05, 0.1) is 10.4 Å². The van der Waals surface area contributed by atoms with Gasteiger partial charge in [0, 0.05) is 21.5 Å². The number of halogens is 3. The molecule has 0 radical (unpaired) electrons. The molecule has 108 valence electrons. The van der Waals surface area contributed by atoms with Crippen molar-refractivity contribution >= 4 is 22.7 Å². The molecule has 0 unspecified atom stereocenters. The second-order valence-corrected chi connectivity index (χ2v) is 6.83. The lowest BCUT2D eigenvalue weighted by Gasteiger charge is -2.06. The van der Waals surface area contributed by atoms with Crippen molar-refractivity contribution in [2.75, 3.05) is 0 Å². The van der Waals surface area contributed by atoms with Crippen LogP contribution in [0.2, 0.25) is 0 Å². The third-order valence-corrected chi connectivity index (χ3v) is 5.19. The number of benzene rings is 1. The SMILES string of the molecule is Cc1ccc(-c2cnc(-c3ccc(C(F)(F)F)cc3)s2)s1. The molecule has 3 rings (SSSR count). The van der Waals surface area contributed by atoms with Crippen molar-refractivity contribution in [3.8, 4) is 20.3 Å². The van der Waals surface area contributed by atoms with Crippen LogP contribution in [-0.4, -0.2) is 4.98 Å². The first-order chi connectivity index (χ1) is 9.93. The maximum absolute atomic E-state index is 12.5. The Morgan fingerprint density at radius 3 is 2.19 bits per heavy atom. The first-order valence-corrected chi connectivity index (χ1v) is 7.77. The lowest BCUT2D eigenvalue weighted by molar-refractivity contribution is -0.137. The molecule has 0 N–H and O–H groups in total. The lowest BCUT2D eigenvalue weighted by Crippen LogP contribution is -2.03. The molecule has 0 spiro atoms. The maximum atomic E-state index is 12.5. The predicted octanol–water partition coefficient (Wildman–Crippen LogP) is 5.87. The van der Waals surface area contributed by atoms with E-state index in [1.54, 1.807) is 17.5 Å². The van der Waals surface area contributed by atoms with Gasteiger partial charge in [-0.15, -0.1) is 22.7 Å². The van der Waals surface area contributed by atoms with Crippen molar-refractivity contribution in [1.82, 2.24) is 4.98 Å². The van der Waals surface area contributed by atoms with Gasteiger partial charge in [0.1, 0.15) is 5.01 Å². The number of thiophene rings is 1. The number of hydrogen-bond donors (Lipinski definition) is 0. The summed E-state index contributed by atoms with van der Waals surface area (Å²) in [6.07, 6.45) is -2.54. The van der Waals surface area contributed by atoms with Crippen molar-refractivity contribution < 1.29 is 13.2 Å². The topological polar surface area (TPSA) is 12.9 Å². The Labute approximate surface area is 127 Å². The van der Waals surface area contributed by atoms with Crippen LogP contribution in [0.25, 0.3) is 20.3 Å². The number of rotatable bonds is 2. The molecule has 0 aliphatic carbocycles. The van der Waals surface area contributed by atoms with Crippen molar-refractivity contribution in [3.63, 3.8) is 0 Å². The van der Waals surface area contributed by atoms with Gasteiger partial charge in [-0.25, -0.2) is 4.98 Å². The fraction of sp³-hybridized carbons (Fsp3) is 0.133. The third-order valence-electron chi connectivity index (χ3n) is 2.95. The van der Waals surface area contributed by atoms with E-state index in [1.165, 1.54) is 28.3 Å². The Bertz CT molecular complexity index is 754. The third kappa shape index (κ3) is 3.01. The summed E-state index contributed by atoms with van der Waals surface area (Å²) >= 11 is 3.16. The van der Waals surface area contributed by atoms with Gasteiger partial charge in [-0.1, -0.05) is 12.1 Å². The Kier molecular flexibility index (Phi) is 3.59. The summed E-state index contributed by atoms with van der Waals surface area (Å²) < 4.78 is 37.6. The van der Waals surface area contributed by atoms with Crippen molar-refractivity contribution in [2.24, 2.45) is 0 Å². The summed E-state index contributed by atoms with van der Waals surface area (Å²) in [6.45, 7) is 2.03. The van der Waals surface area contributed by atoms with E-state index in [0.29, 0.717) is 5.56 Å². The fourth-order valence-electron chi connectivity index (χ4n) is 1.89. The van der Waals surface area contributed by atoms with Crippen LogP contribution >= 0.6 is 22.7 Å². The molecule has 0 bridgehead atoms. The first kappa shape index (κ1) is 14.3. The first-order valence-electron chi connectivity index (χ1n) is 6.14. The monoisotopic (exact) mass is 325 g/mol. The van der Waals surface area contributed by atoms with Gasteiger partial charge in [0.15, 0.2) is 0 Å². The number of alkyl halides is 3. The summed E-state index contributed by atoms with van der Waals surface area (Å²) in [5.41, 5.74) is 0.0597. The van der Waals surface area contributed by atoms with Crippen LogP contribution in [0.4, 0.5) is 13.2 Å². The number of aromatic nitrogens is 1. The summed E-state index contributed by atoms with van der Waals surface area (Å²) in [7, 11) is 0. The minimum atomic E-state index is -4.30. The van der Waals surface area contributed by atoms with E-state index in [2.05, 4.69) is 4.98 Å². The highest BCUT2D eigenvalue weighted by atomic mass is 32.1. The maximum Gasteiger partial charge on any atom is 0.416 e. The summed E-state index contributed by atoms with van der Waals surface area (Å²) in [6, 6.07) is 9.18. The molecule has 3 aromatic rings. The molecule has 6 heteroatoms. The average Bonchev–Trinajstić information content (AvgIpc) is 3.06. The van der Waals surface area contributed by atoms with Crippen molar-refractivity contribution in [2.45, 2.75) is 13.1 Å². The van der Waals surface area contributed by atoms with Gasteiger partial charge in [-0.3, -0.25) is 0 Å². The fourth-order valence-corrected chi connectivity index (χ4v) is 3.75. The molecule has 0 aliphatic rings. The largest absolute Gasteiger partial charge is 0.416 e. The molecule has 0 saturated heterocycles. The molecular formula is C15H10F3NS2. The van der Waals surface area contributed by atoms with Gasteiger partial charge in [-0.05, 0) is 31.2 Å². The minimum Gasteiger partial charge on any atom is -0.244 e. The minimum absolute atomic E-state index is 0.642. The standard InChI is InChI=1S/C15H10F3NS2/c1-9-2-7-12(20-9)13-8-19-14(21-13)10-3-5-11(6-4-10)15(16,17)18/h2-8H,1H3. The summed E-state index contributed by atoms with van der Waals surface area (Å²) in [5, 5.41) is 0.727. The molecule has 1 aromatic carbocycles. The second-order valence-electron chi connectivity index (χ2n) is 4.52. The van der Waals surface area contributed by atoms with Gasteiger partial charge >= 0.3 is 6.18 Å². The van der Waals surface area contributed by atoms with Crippen molar-refractivity contribution in [3.05, 3.63) is 53.0 Å². The van der Waals surface area contributed by atoms with Crippen LogP contribution in [0.5, 0.6) is 0 Å². The number of aryl methyl sites for hydroxylation is 1. The van der Waals surface area contributed by atoms with Gasteiger partial charge < -0.3 is 0 Å². The van der Waals surface area contributed by atoms with Crippen LogP contribution in [-0.2, 0) is 6.18 Å². The summed E-state index contributed by atoms with van der Waals surface area (Å²) in [5.74, 6) is 0. The van der Waals surface area contributed by atoms with E-state index in [0.717, 1.165) is 26.9 Å². The Morgan fingerprint density at radius 2 is 1.62 bits per heavy atom. The number of thiazole rings is 1. The van der Waals surface area contributed by atoms with Gasteiger partial charge in [-0.2, -0.15) is 13.2 Å². The molecule has 0 amide bonds. The Hall–Kier alpha value is -1.66. The van der Waals surface area contributed by atoms with Gasteiger partial charge in [0.2, 0.25) is 0 Å². The normalized spacial score (nSPS) is 11.8. The van der Waals surface area contributed by atoms with E-state index in [9.17, 15) is 13.2 Å². The zero-order valence-corrected chi connectivity index (χ0v) is 12.6.